The highest BCUT2D eigenvalue weighted by atomic mass is 16.4. The molecule has 0 radical (unpaired) electrons. The molecule has 2 aromatic carbocycles. The summed E-state index contributed by atoms with van der Waals surface area (Å²) >= 11 is 0. The van der Waals surface area contributed by atoms with Gasteiger partial charge in [-0.05, 0) is 17.2 Å². The van der Waals surface area contributed by atoms with Crippen LogP contribution in [0, 0.1) is 0 Å². The summed E-state index contributed by atoms with van der Waals surface area (Å²) < 4.78 is 3.68. The molecule has 0 saturated carbocycles. The minimum absolute atomic E-state index is 0.0870. The first-order chi connectivity index (χ1) is 13.4. The van der Waals surface area contributed by atoms with Crippen LogP contribution in [-0.2, 0) is 36.3 Å². The lowest BCUT2D eigenvalue weighted by atomic mass is 10.1. The van der Waals surface area contributed by atoms with Gasteiger partial charge in [0.05, 0.1) is 11.0 Å². The molecule has 4 rings (SSSR count). The quantitative estimate of drug-likeness (QED) is 0.650. The number of nitrogens with zero attached hydrogens (tertiary/aromatic N) is 3. The Morgan fingerprint density at radius 3 is 2.29 bits per heavy atom. The summed E-state index contributed by atoms with van der Waals surface area (Å²) in [5.74, 6) is -3.65. The number of rotatable bonds is 2. The van der Waals surface area contributed by atoms with Crippen molar-refractivity contribution in [2.24, 2.45) is 7.05 Å². The summed E-state index contributed by atoms with van der Waals surface area (Å²) in [6.07, 6.45) is 0. The van der Waals surface area contributed by atoms with E-state index in [0.29, 0.717) is 0 Å². The number of para-hydroxylation sites is 1. The van der Waals surface area contributed by atoms with Crippen LogP contribution >= 0.6 is 0 Å². The van der Waals surface area contributed by atoms with Gasteiger partial charge in [0.1, 0.15) is 0 Å². The average Bonchev–Trinajstić information content (AvgIpc) is 2.82. The Bertz CT molecular complexity index is 1060. The molecule has 2 heterocycles. The molecule has 0 fully saturated rings. The zero-order chi connectivity index (χ0) is 20.3. The second-order valence-corrected chi connectivity index (χ2v) is 6.58. The summed E-state index contributed by atoms with van der Waals surface area (Å²) in [4.78, 5) is 33.0. The summed E-state index contributed by atoms with van der Waals surface area (Å²) in [5.41, 5.74) is 4.77. The number of hydrogen-bond acceptors (Lipinski definition) is 4. The lowest BCUT2D eigenvalue weighted by Gasteiger charge is -2.20. The fourth-order valence-corrected chi connectivity index (χ4v) is 3.41. The molecule has 0 atom stereocenters. The van der Waals surface area contributed by atoms with Gasteiger partial charge in [-0.1, -0.05) is 42.5 Å². The summed E-state index contributed by atoms with van der Waals surface area (Å²) in [7, 11) is 1.86. The number of aromatic nitrogens is 2. The molecule has 0 spiro atoms. The van der Waals surface area contributed by atoms with Gasteiger partial charge in [0, 0.05) is 33.2 Å². The molecule has 28 heavy (non-hydrogen) atoms. The largest absolute Gasteiger partial charge is 0.473 e. The lowest BCUT2D eigenvalue weighted by molar-refractivity contribution is -0.159. The molecule has 0 unspecified atom stereocenters. The van der Waals surface area contributed by atoms with E-state index in [1.54, 1.807) is 4.57 Å². The van der Waals surface area contributed by atoms with Gasteiger partial charge in [0.2, 0.25) is 0 Å². The second-order valence-electron chi connectivity index (χ2n) is 6.58. The number of aryl methyl sites for hydroxylation is 1. The van der Waals surface area contributed by atoms with Crippen molar-refractivity contribution >= 4 is 23.0 Å². The Hall–Kier alpha value is -3.39. The molecule has 2 N–H and O–H groups in total. The third kappa shape index (κ3) is 3.96. The van der Waals surface area contributed by atoms with E-state index in [9.17, 15) is 4.79 Å². The van der Waals surface area contributed by atoms with Crippen LogP contribution in [0.4, 0.5) is 0 Å². The van der Waals surface area contributed by atoms with Crippen molar-refractivity contribution in [1.82, 2.24) is 14.0 Å². The van der Waals surface area contributed by atoms with E-state index in [1.165, 1.54) is 11.1 Å². The van der Waals surface area contributed by atoms with Crippen molar-refractivity contribution in [2.75, 3.05) is 6.54 Å². The SMILES string of the molecule is Cn1c(=O)n2c3c(cccc31)CN(Cc1ccccc1)CC2.O=C(O)C(=O)O. The number of benzene rings is 2. The first-order valence-electron chi connectivity index (χ1n) is 8.78. The van der Waals surface area contributed by atoms with Crippen LogP contribution in [0.5, 0.6) is 0 Å². The van der Waals surface area contributed by atoms with Crippen LogP contribution in [0.15, 0.2) is 53.3 Å². The highest BCUT2D eigenvalue weighted by Crippen LogP contribution is 2.23. The molecular formula is C20H21N3O5. The van der Waals surface area contributed by atoms with Crippen molar-refractivity contribution in [3.63, 3.8) is 0 Å². The summed E-state index contributed by atoms with van der Waals surface area (Å²) in [6, 6.07) is 16.7. The predicted octanol–water partition coefficient (Wildman–Crippen LogP) is 1.51. The van der Waals surface area contributed by atoms with Gasteiger partial charge in [-0.2, -0.15) is 0 Å². The molecule has 3 aromatic rings. The topological polar surface area (TPSA) is 105 Å². The van der Waals surface area contributed by atoms with Gasteiger partial charge in [-0.25, -0.2) is 14.4 Å². The Morgan fingerprint density at radius 1 is 0.964 bits per heavy atom. The van der Waals surface area contributed by atoms with Crippen molar-refractivity contribution in [3.05, 3.63) is 70.1 Å². The lowest BCUT2D eigenvalue weighted by Crippen LogP contribution is -2.28. The van der Waals surface area contributed by atoms with Crippen LogP contribution in [-0.4, -0.2) is 42.7 Å². The summed E-state index contributed by atoms with van der Waals surface area (Å²) in [5, 5.41) is 14.8. The molecule has 146 valence electrons. The normalized spacial score (nSPS) is 13.5. The van der Waals surface area contributed by atoms with E-state index < -0.39 is 11.9 Å². The maximum absolute atomic E-state index is 12.4. The molecular weight excluding hydrogens is 362 g/mol. The first-order valence-corrected chi connectivity index (χ1v) is 8.78. The van der Waals surface area contributed by atoms with Crippen molar-refractivity contribution in [2.45, 2.75) is 19.6 Å². The fourth-order valence-electron chi connectivity index (χ4n) is 3.41. The Labute approximate surface area is 160 Å². The molecule has 8 nitrogen and oxygen atoms in total. The van der Waals surface area contributed by atoms with Crippen LogP contribution in [0.2, 0.25) is 0 Å². The molecule has 0 bridgehead atoms. The highest BCUT2D eigenvalue weighted by molar-refractivity contribution is 6.27. The zero-order valence-electron chi connectivity index (χ0n) is 15.4. The van der Waals surface area contributed by atoms with Crippen molar-refractivity contribution in [1.29, 1.82) is 0 Å². The molecule has 8 heteroatoms. The fraction of sp³-hybridized carbons (Fsp3) is 0.250. The predicted molar refractivity (Wildman–Crippen MR) is 103 cm³/mol. The van der Waals surface area contributed by atoms with Crippen molar-refractivity contribution < 1.29 is 19.8 Å². The first kappa shape index (κ1) is 19.4. The number of imidazole rings is 1. The van der Waals surface area contributed by atoms with Crippen LogP contribution in [0.3, 0.4) is 0 Å². The molecule has 1 aliphatic rings. The molecule has 1 aliphatic heterocycles. The number of carboxylic acids is 2. The van der Waals surface area contributed by atoms with E-state index >= 15 is 0 Å². The third-order valence-corrected chi connectivity index (χ3v) is 4.71. The standard InChI is InChI=1S/C18H19N3O.C2H2O4/c1-19-16-9-5-8-15-13-20(12-14-6-3-2-4-7-14)10-11-21(17(15)16)18(19)22;3-1(4)2(5)6/h2-9H,10-13H2,1H3;(H,3,4)(H,5,6). The average molecular weight is 383 g/mol. The Morgan fingerprint density at radius 2 is 1.64 bits per heavy atom. The van der Waals surface area contributed by atoms with E-state index in [0.717, 1.165) is 37.2 Å². The van der Waals surface area contributed by atoms with Gasteiger partial charge >= 0.3 is 17.6 Å². The van der Waals surface area contributed by atoms with Gasteiger partial charge in [-0.3, -0.25) is 14.0 Å². The van der Waals surface area contributed by atoms with Gasteiger partial charge in [0.25, 0.3) is 0 Å². The number of aliphatic carboxylic acids is 2. The van der Waals surface area contributed by atoms with E-state index in [4.69, 9.17) is 19.8 Å². The second kappa shape index (κ2) is 8.10. The van der Waals surface area contributed by atoms with Gasteiger partial charge < -0.3 is 10.2 Å². The number of hydrogen-bond donors (Lipinski definition) is 2. The maximum atomic E-state index is 12.4. The minimum Gasteiger partial charge on any atom is -0.473 e. The maximum Gasteiger partial charge on any atom is 0.414 e. The third-order valence-electron chi connectivity index (χ3n) is 4.71. The van der Waals surface area contributed by atoms with Crippen molar-refractivity contribution in [3.8, 4) is 0 Å². The van der Waals surface area contributed by atoms with Crippen LogP contribution < -0.4 is 5.69 Å². The van der Waals surface area contributed by atoms with E-state index in [2.05, 4.69) is 35.2 Å². The molecule has 1 aromatic heterocycles. The van der Waals surface area contributed by atoms with Gasteiger partial charge in [-0.15, -0.1) is 0 Å². The monoisotopic (exact) mass is 383 g/mol. The molecule has 0 aliphatic carbocycles. The minimum atomic E-state index is -1.82. The van der Waals surface area contributed by atoms with Crippen LogP contribution in [0.1, 0.15) is 11.1 Å². The molecule has 0 amide bonds. The highest BCUT2D eigenvalue weighted by Gasteiger charge is 2.20. The Balaban J connectivity index is 0.000000330. The van der Waals surface area contributed by atoms with E-state index in [1.807, 2.05) is 29.8 Å². The van der Waals surface area contributed by atoms with Gasteiger partial charge in [0.15, 0.2) is 0 Å². The van der Waals surface area contributed by atoms with E-state index in [-0.39, 0.29) is 5.69 Å². The summed E-state index contributed by atoms with van der Waals surface area (Å²) in [6.45, 7) is 3.45. The Kier molecular flexibility index (Phi) is 5.60. The molecule has 0 saturated heterocycles. The zero-order valence-corrected chi connectivity index (χ0v) is 15.4. The number of carboxylic acid groups (broad SMARTS) is 2. The van der Waals surface area contributed by atoms with Crippen LogP contribution in [0.25, 0.3) is 11.0 Å². The number of carbonyl (C=O) groups is 2. The smallest absolute Gasteiger partial charge is 0.414 e.